The number of hydrogen-bond acceptors (Lipinski definition) is 3. The fourth-order valence-corrected chi connectivity index (χ4v) is 2.95. The predicted octanol–water partition coefficient (Wildman–Crippen LogP) is 4.39. The zero-order chi connectivity index (χ0) is 17.6. The summed E-state index contributed by atoms with van der Waals surface area (Å²) in [7, 11) is -1.99. The van der Waals surface area contributed by atoms with Gasteiger partial charge in [-0.05, 0) is 5.56 Å². The van der Waals surface area contributed by atoms with Crippen LogP contribution < -0.4 is 0 Å². The van der Waals surface area contributed by atoms with E-state index in [1.807, 2.05) is 68.2 Å². The Morgan fingerprint density at radius 2 is 1.62 bits per heavy atom. The monoisotopic (exact) mass is 341 g/mol. The standard InChI is InChI=1S/C19H23NO3Si/c1-24(2,3)23-20(22)15-18(16-10-6-4-7-11-16)14-19(21)17-12-8-5-9-13-17/h4-13,15,18H,14H2,1-3H3/b20-15+. The number of carbonyl (C=O) groups excluding carboxylic acids is 1. The predicted molar refractivity (Wildman–Crippen MR) is 98.7 cm³/mol. The molecule has 0 saturated heterocycles. The minimum atomic E-state index is -1.99. The summed E-state index contributed by atoms with van der Waals surface area (Å²) in [5, 5.41) is 12.1. The third kappa shape index (κ3) is 5.66. The van der Waals surface area contributed by atoms with Crippen molar-refractivity contribution in [3.63, 3.8) is 0 Å². The van der Waals surface area contributed by atoms with E-state index < -0.39 is 8.32 Å². The fraction of sp³-hybridized carbons (Fsp3) is 0.263. The van der Waals surface area contributed by atoms with Gasteiger partial charge in [-0.15, -0.1) is 0 Å². The molecule has 4 nitrogen and oxygen atoms in total. The molecule has 0 aromatic heterocycles. The number of benzene rings is 2. The third-order valence-electron chi connectivity index (χ3n) is 3.39. The Labute approximate surface area is 144 Å². The second-order valence-corrected chi connectivity index (χ2v) is 11.1. The van der Waals surface area contributed by atoms with Crippen LogP contribution in [0.2, 0.25) is 19.6 Å². The van der Waals surface area contributed by atoms with Gasteiger partial charge in [-0.2, -0.15) is 0 Å². The molecule has 0 fully saturated rings. The Hall–Kier alpha value is -2.40. The van der Waals surface area contributed by atoms with E-state index in [1.165, 1.54) is 6.21 Å². The molecule has 24 heavy (non-hydrogen) atoms. The Morgan fingerprint density at radius 1 is 1.08 bits per heavy atom. The van der Waals surface area contributed by atoms with Crippen LogP contribution in [0, 0.1) is 5.21 Å². The summed E-state index contributed by atoms with van der Waals surface area (Å²) < 4.78 is 5.43. The van der Waals surface area contributed by atoms with Crippen LogP contribution >= 0.6 is 0 Å². The van der Waals surface area contributed by atoms with Crippen LogP contribution in [0.3, 0.4) is 0 Å². The van der Waals surface area contributed by atoms with E-state index in [0.29, 0.717) is 10.5 Å². The molecule has 0 aliphatic carbocycles. The maximum atomic E-state index is 12.5. The molecule has 2 rings (SSSR count). The molecule has 0 radical (unpaired) electrons. The average molecular weight is 341 g/mol. The van der Waals surface area contributed by atoms with E-state index in [2.05, 4.69) is 0 Å². The van der Waals surface area contributed by atoms with Gasteiger partial charge in [0.1, 0.15) is 0 Å². The molecule has 0 aliphatic heterocycles. The van der Waals surface area contributed by atoms with Crippen molar-refractivity contribution < 1.29 is 14.2 Å². The van der Waals surface area contributed by atoms with Crippen LogP contribution in [-0.4, -0.2) is 25.2 Å². The third-order valence-corrected chi connectivity index (χ3v) is 4.12. The molecule has 2 aromatic rings. The summed E-state index contributed by atoms with van der Waals surface area (Å²) in [4.78, 5) is 13.1. The molecule has 126 valence electrons. The Morgan fingerprint density at radius 3 is 2.17 bits per heavy atom. The highest BCUT2D eigenvalue weighted by Crippen LogP contribution is 2.20. The van der Waals surface area contributed by atoms with Crippen LogP contribution in [0.4, 0.5) is 0 Å². The molecule has 1 unspecified atom stereocenters. The minimum Gasteiger partial charge on any atom is -0.444 e. The van der Waals surface area contributed by atoms with Crippen molar-refractivity contribution >= 4 is 20.3 Å². The second-order valence-electron chi connectivity index (χ2n) is 6.65. The van der Waals surface area contributed by atoms with Crippen molar-refractivity contribution in [2.24, 2.45) is 0 Å². The van der Waals surface area contributed by atoms with Gasteiger partial charge in [-0.3, -0.25) is 10.0 Å². The summed E-state index contributed by atoms with van der Waals surface area (Å²) in [6, 6.07) is 18.7. The molecule has 0 spiro atoms. The van der Waals surface area contributed by atoms with Gasteiger partial charge in [-0.1, -0.05) is 80.3 Å². The van der Waals surface area contributed by atoms with Crippen LogP contribution in [0.15, 0.2) is 60.7 Å². The average Bonchev–Trinajstić information content (AvgIpc) is 2.54. The highest BCUT2D eigenvalue weighted by Gasteiger charge is 2.21. The lowest BCUT2D eigenvalue weighted by Crippen LogP contribution is -2.31. The van der Waals surface area contributed by atoms with Crippen LogP contribution in [0.1, 0.15) is 28.3 Å². The first-order valence-electron chi connectivity index (χ1n) is 7.99. The molecular formula is C19H23NO3Si. The van der Waals surface area contributed by atoms with Gasteiger partial charge < -0.3 is 4.53 Å². The zero-order valence-corrected chi connectivity index (χ0v) is 15.3. The molecule has 0 aliphatic rings. The lowest BCUT2D eigenvalue weighted by molar-refractivity contribution is -0.701. The number of Topliss-reactive ketones (excluding diaryl/α,β-unsaturated/α-hetero) is 1. The first-order valence-corrected chi connectivity index (χ1v) is 11.4. The Kier molecular flexibility index (Phi) is 5.92. The molecule has 0 heterocycles. The van der Waals surface area contributed by atoms with Gasteiger partial charge in [0.15, 0.2) is 14.1 Å². The van der Waals surface area contributed by atoms with Crippen LogP contribution in [0.5, 0.6) is 0 Å². The molecule has 0 saturated carbocycles. The van der Waals surface area contributed by atoms with Gasteiger partial charge in [0.05, 0.1) is 5.92 Å². The first kappa shape index (κ1) is 17.9. The number of ketones is 1. The van der Waals surface area contributed by atoms with Gasteiger partial charge >= 0.3 is 0 Å². The number of hydrogen-bond donors (Lipinski definition) is 0. The van der Waals surface area contributed by atoms with Crippen molar-refractivity contribution in [2.45, 2.75) is 32.0 Å². The highest BCUT2D eigenvalue weighted by molar-refractivity contribution is 6.69. The van der Waals surface area contributed by atoms with Gasteiger partial charge in [0.25, 0.3) is 0 Å². The van der Waals surface area contributed by atoms with Crippen molar-refractivity contribution in [3.8, 4) is 0 Å². The molecule has 0 amide bonds. The molecule has 0 bridgehead atoms. The van der Waals surface area contributed by atoms with Gasteiger partial charge in [0.2, 0.25) is 6.21 Å². The van der Waals surface area contributed by atoms with Crippen molar-refractivity contribution in [1.29, 1.82) is 0 Å². The van der Waals surface area contributed by atoms with Gasteiger partial charge in [-0.25, -0.2) is 0 Å². The van der Waals surface area contributed by atoms with E-state index in [1.54, 1.807) is 12.1 Å². The van der Waals surface area contributed by atoms with E-state index >= 15 is 0 Å². The van der Waals surface area contributed by atoms with E-state index in [0.717, 1.165) is 5.56 Å². The normalized spacial score (nSPS) is 13.4. The zero-order valence-electron chi connectivity index (χ0n) is 14.3. The van der Waals surface area contributed by atoms with Crippen molar-refractivity contribution in [1.82, 2.24) is 0 Å². The number of nitrogens with zero attached hydrogens (tertiary/aromatic N) is 1. The Bertz CT molecular complexity index is 694. The SMILES string of the molecule is C[Si](C)(C)O/[N+]([O-])=C/C(CC(=O)c1ccccc1)c1ccccc1. The molecule has 5 heteroatoms. The molecule has 0 N–H and O–H groups in total. The van der Waals surface area contributed by atoms with Gasteiger partial charge in [0, 0.05) is 16.9 Å². The van der Waals surface area contributed by atoms with Crippen LogP contribution in [0.25, 0.3) is 0 Å². The highest BCUT2D eigenvalue weighted by atomic mass is 28.4. The lowest BCUT2D eigenvalue weighted by atomic mass is 9.92. The molecular weight excluding hydrogens is 318 g/mol. The van der Waals surface area contributed by atoms with E-state index in [4.69, 9.17) is 4.53 Å². The summed E-state index contributed by atoms with van der Waals surface area (Å²) in [5.74, 6) is -0.324. The number of rotatable bonds is 7. The molecule has 2 aromatic carbocycles. The Balaban J connectivity index is 2.24. The van der Waals surface area contributed by atoms with Crippen molar-refractivity contribution in [2.75, 3.05) is 0 Å². The van der Waals surface area contributed by atoms with E-state index in [-0.39, 0.29) is 18.1 Å². The fourth-order valence-electron chi connectivity index (χ4n) is 2.35. The lowest BCUT2D eigenvalue weighted by Gasteiger charge is -2.20. The smallest absolute Gasteiger partial charge is 0.217 e. The maximum Gasteiger partial charge on any atom is 0.217 e. The largest absolute Gasteiger partial charge is 0.444 e. The second kappa shape index (κ2) is 7.92. The first-order chi connectivity index (χ1) is 11.3. The maximum absolute atomic E-state index is 12.5. The molecule has 1 atom stereocenters. The quantitative estimate of drug-likeness (QED) is 0.247. The summed E-state index contributed by atoms with van der Waals surface area (Å²) >= 11 is 0. The summed E-state index contributed by atoms with van der Waals surface area (Å²) in [5.41, 5.74) is 1.57. The summed E-state index contributed by atoms with van der Waals surface area (Å²) in [6.45, 7) is 5.83. The van der Waals surface area contributed by atoms with E-state index in [9.17, 15) is 10.0 Å². The summed E-state index contributed by atoms with van der Waals surface area (Å²) in [6.07, 6.45) is 1.68. The van der Waals surface area contributed by atoms with Crippen molar-refractivity contribution in [3.05, 3.63) is 77.0 Å². The van der Waals surface area contributed by atoms with Crippen LogP contribution in [-0.2, 0) is 4.53 Å². The topological polar surface area (TPSA) is 52.4 Å². The number of carbonyl (C=O) groups is 1. The minimum absolute atomic E-state index is 0.00195.